The van der Waals surface area contributed by atoms with E-state index in [2.05, 4.69) is 5.32 Å². The summed E-state index contributed by atoms with van der Waals surface area (Å²) in [5.74, 6) is 0.901. The van der Waals surface area contributed by atoms with E-state index in [0.29, 0.717) is 24.5 Å². The molecule has 2 amide bonds. The van der Waals surface area contributed by atoms with Crippen LogP contribution in [0.1, 0.15) is 39.5 Å². The first-order valence-electron chi connectivity index (χ1n) is 7.38. The molecule has 6 heteroatoms. The van der Waals surface area contributed by atoms with Crippen LogP contribution in [-0.2, 0) is 20.4 Å². The SMILES string of the molecule is CCC1C(=O)NC(C2CC2)C(=O)N1C(C)CCS(C)=O. The molecule has 1 saturated heterocycles. The number of hydrogen-bond donors (Lipinski definition) is 1. The van der Waals surface area contributed by atoms with E-state index in [4.69, 9.17) is 0 Å². The minimum atomic E-state index is -0.867. The van der Waals surface area contributed by atoms with Crippen LogP contribution >= 0.6 is 0 Å². The molecule has 0 aromatic rings. The number of piperazine rings is 1. The third-order valence-corrected chi connectivity index (χ3v) is 5.05. The summed E-state index contributed by atoms with van der Waals surface area (Å²) in [4.78, 5) is 26.6. The van der Waals surface area contributed by atoms with Gasteiger partial charge in [-0.15, -0.1) is 0 Å². The maximum absolute atomic E-state index is 12.6. The highest BCUT2D eigenvalue weighted by Gasteiger charge is 2.47. The predicted octanol–water partition coefficient (Wildman–Crippen LogP) is 0.659. The van der Waals surface area contributed by atoms with Crippen LogP contribution in [0, 0.1) is 5.92 Å². The summed E-state index contributed by atoms with van der Waals surface area (Å²) < 4.78 is 11.2. The second-order valence-corrected chi connectivity index (χ2v) is 7.46. The quantitative estimate of drug-likeness (QED) is 0.783. The number of hydrogen-bond acceptors (Lipinski definition) is 3. The molecule has 4 atom stereocenters. The molecule has 2 aliphatic rings. The van der Waals surface area contributed by atoms with Crippen molar-refractivity contribution in [2.24, 2.45) is 5.92 Å². The first-order chi connectivity index (χ1) is 9.45. The Morgan fingerprint density at radius 2 is 2.05 bits per heavy atom. The van der Waals surface area contributed by atoms with Gasteiger partial charge < -0.3 is 10.2 Å². The lowest BCUT2D eigenvalue weighted by Gasteiger charge is -2.42. The molecule has 5 nitrogen and oxygen atoms in total. The molecule has 1 saturated carbocycles. The largest absolute Gasteiger partial charge is 0.342 e. The molecule has 2 fully saturated rings. The van der Waals surface area contributed by atoms with Gasteiger partial charge in [0.15, 0.2) is 0 Å². The van der Waals surface area contributed by atoms with Gasteiger partial charge in [-0.3, -0.25) is 13.8 Å². The van der Waals surface area contributed by atoms with Gasteiger partial charge in [-0.25, -0.2) is 0 Å². The van der Waals surface area contributed by atoms with E-state index >= 15 is 0 Å². The van der Waals surface area contributed by atoms with Crippen LogP contribution in [-0.4, -0.2) is 51.1 Å². The molecular formula is C14H24N2O3S. The minimum absolute atomic E-state index is 0.0338. The summed E-state index contributed by atoms with van der Waals surface area (Å²) in [5, 5.41) is 2.89. The Balaban J connectivity index is 2.12. The molecule has 1 heterocycles. The Hall–Kier alpha value is -0.910. The number of carbonyl (C=O) groups excluding carboxylic acids is 2. The maximum Gasteiger partial charge on any atom is 0.246 e. The van der Waals surface area contributed by atoms with Crippen molar-refractivity contribution < 1.29 is 13.8 Å². The molecule has 4 unspecified atom stereocenters. The zero-order valence-electron chi connectivity index (χ0n) is 12.4. The maximum atomic E-state index is 12.6. The molecule has 1 aliphatic heterocycles. The van der Waals surface area contributed by atoms with Gasteiger partial charge >= 0.3 is 0 Å². The molecule has 0 bridgehead atoms. The van der Waals surface area contributed by atoms with E-state index in [1.54, 1.807) is 11.2 Å². The van der Waals surface area contributed by atoms with E-state index in [9.17, 15) is 13.8 Å². The van der Waals surface area contributed by atoms with Gasteiger partial charge in [0, 0.05) is 28.9 Å². The summed E-state index contributed by atoms with van der Waals surface area (Å²) in [6.07, 6.45) is 5.01. The molecule has 20 heavy (non-hydrogen) atoms. The second kappa shape index (κ2) is 6.24. The molecular weight excluding hydrogens is 276 g/mol. The van der Waals surface area contributed by atoms with E-state index < -0.39 is 10.8 Å². The number of nitrogens with one attached hydrogen (secondary N) is 1. The Morgan fingerprint density at radius 3 is 2.55 bits per heavy atom. The van der Waals surface area contributed by atoms with Gasteiger partial charge in [-0.05, 0) is 38.5 Å². The normalized spacial score (nSPS) is 30.1. The zero-order valence-corrected chi connectivity index (χ0v) is 13.2. The Bertz CT molecular complexity index is 423. The second-order valence-electron chi connectivity index (χ2n) is 5.91. The van der Waals surface area contributed by atoms with Gasteiger partial charge in [0.25, 0.3) is 0 Å². The Kier molecular flexibility index (Phi) is 4.83. The highest BCUT2D eigenvalue weighted by atomic mass is 32.2. The summed E-state index contributed by atoms with van der Waals surface area (Å²) in [6.45, 7) is 3.88. The molecule has 0 spiro atoms. The zero-order chi connectivity index (χ0) is 14.9. The van der Waals surface area contributed by atoms with Crippen LogP contribution in [0.25, 0.3) is 0 Å². The van der Waals surface area contributed by atoms with Crippen LogP contribution < -0.4 is 5.32 Å². The number of rotatable bonds is 6. The Morgan fingerprint density at radius 1 is 1.40 bits per heavy atom. The van der Waals surface area contributed by atoms with E-state index in [0.717, 1.165) is 12.8 Å². The fourth-order valence-corrected chi connectivity index (χ4v) is 3.56. The predicted molar refractivity (Wildman–Crippen MR) is 78.6 cm³/mol. The van der Waals surface area contributed by atoms with E-state index in [-0.39, 0.29) is 29.9 Å². The molecule has 114 valence electrons. The molecule has 0 aromatic carbocycles. The van der Waals surface area contributed by atoms with Crippen molar-refractivity contribution in [2.45, 2.75) is 57.7 Å². The monoisotopic (exact) mass is 300 g/mol. The van der Waals surface area contributed by atoms with E-state index in [1.165, 1.54) is 0 Å². The third-order valence-electron chi connectivity index (χ3n) is 4.23. The summed E-state index contributed by atoms with van der Waals surface area (Å²) in [6, 6.07) is -0.749. The highest BCUT2D eigenvalue weighted by Crippen LogP contribution is 2.35. The topological polar surface area (TPSA) is 66.5 Å². The Labute approximate surface area is 122 Å². The number of amides is 2. The van der Waals surface area contributed by atoms with Crippen molar-refractivity contribution in [3.05, 3.63) is 0 Å². The van der Waals surface area contributed by atoms with Crippen LogP contribution in [0.4, 0.5) is 0 Å². The van der Waals surface area contributed by atoms with Crippen LogP contribution in [0.3, 0.4) is 0 Å². The first-order valence-corrected chi connectivity index (χ1v) is 9.11. The van der Waals surface area contributed by atoms with Gasteiger partial charge in [0.05, 0.1) is 0 Å². The van der Waals surface area contributed by atoms with Crippen molar-refractivity contribution in [2.75, 3.05) is 12.0 Å². The standard InChI is InChI=1S/C14H24N2O3S/c1-4-11-13(17)15-12(10-5-6-10)14(18)16(11)9(2)7-8-20(3)19/h9-12H,4-8H2,1-3H3,(H,15,17). The summed E-state index contributed by atoms with van der Waals surface area (Å²) in [5.41, 5.74) is 0. The molecule has 0 radical (unpaired) electrons. The van der Waals surface area contributed by atoms with Crippen molar-refractivity contribution in [1.29, 1.82) is 0 Å². The van der Waals surface area contributed by atoms with Crippen LogP contribution in [0.5, 0.6) is 0 Å². The lowest BCUT2D eigenvalue weighted by Crippen LogP contribution is -2.65. The van der Waals surface area contributed by atoms with Crippen molar-refractivity contribution >= 4 is 22.6 Å². The van der Waals surface area contributed by atoms with Gasteiger partial charge in [-0.2, -0.15) is 0 Å². The number of nitrogens with zero attached hydrogens (tertiary/aromatic N) is 1. The molecule has 2 rings (SSSR count). The van der Waals surface area contributed by atoms with Crippen LogP contribution in [0.15, 0.2) is 0 Å². The lowest BCUT2D eigenvalue weighted by molar-refractivity contribution is -0.152. The third kappa shape index (κ3) is 3.22. The highest BCUT2D eigenvalue weighted by molar-refractivity contribution is 7.84. The fraction of sp³-hybridized carbons (Fsp3) is 0.857. The summed E-state index contributed by atoms with van der Waals surface area (Å²) in [7, 11) is -0.867. The van der Waals surface area contributed by atoms with Gasteiger partial charge in [0.1, 0.15) is 12.1 Å². The van der Waals surface area contributed by atoms with Crippen molar-refractivity contribution in [1.82, 2.24) is 10.2 Å². The number of carbonyl (C=O) groups is 2. The minimum Gasteiger partial charge on any atom is -0.342 e. The summed E-state index contributed by atoms with van der Waals surface area (Å²) >= 11 is 0. The molecule has 0 aromatic heterocycles. The van der Waals surface area contributed by atoms with Crippen molar-refractivity contribution in [3.63, 3.8) is 0 Å². The fourth-order valence-electron chi connectivity index (χ4n) is 2.88. The van der Waals surface area contributed by atoms with Crippen LogP contribution in [0.2, 0.25) is 0 Å². The smallest absolute Gasteiger partial charge is 0.246 e. The first kappa shape index (κ1) is 15.5. The van der Waals surface area contributed by atoms with Gasteiger partial charge in [0.2, 0.25) is 11.8 Å². The lowest BCUT2D eigenvalue weighted by atomic mass is 9.99. The average Bonchev–Trinajstić information content (AvgIpc) is 3.21. The van der Waals surface area contributed by atoms with E-state index in [1.807, 2.05) is 13.8 Å². The average molecular weight is 300 g/mol. The van der Waals surface area contributed by atoms with Crippen molar-refractivity contribution in [3.8, 4) is 0 Å². The van der Waals surface area contributed by atoms with Gasteiger partial charge in [-0.1, -0.05) is 6.92 Å². The molecule has 1 aliphatic carbocycles. The molecule has 1 N–H and O–H groups in total.